The van der Waals surface area contributed by atoms with Crippen molar-refractivity contribution < 1.29 is 44.8 Å². The zero-order chi connectivity index (χ0) is 0. The van der Waals surface area contributed by atoms with Crippen molar-refractivity contribution in [2.24, 2.45) is 0 Å². The van der Waals surface area contributed by atoms with Gasteiger partial charge in [-0.15, -0.1) is 0 Å². The van der Waals surface area contributed by atoms with Gasteiger partial charge in [0.2, 0.25) is 0 Å². The topological polar surface area (TPSA) is 0 Å². The summed E-state index contributed by atoms with van der Waals surface area (Å²) in [6.07, 6.45) is 0. The van der Waals surface area contributed by atoms with Crippen LogP contribution in [-0.4, -0.2) is 146 Å². The van der Waals surface area contributed by atoms with Crippen LogP contribution in [0.25, 0.3) is 0 Å². The minimum absolute atomic E-state index is 0. The molecule has 0 N–H and O–H groups in total. The molecule has 0 bridgehead atoms. The number of hydrogen-bond donors (Lipinski definition) is 0. The predicted octanol–water partition coefficient (Wildman–Crippen LogP) is -1.95. The zero-order valence-corrected chi connectivity index (χ0v) is 6.31. The van der Waals surface area contributed by atoms with E-state index in [4.69, 9.17) is 0 Å². The molecular formula is H3CsLiNbRbTa. The van der Waals surface area contributed by atoms with Crippen molar-refractivity contribution in [3.63, 3.8) is 0 Å². The molecule has 0 heterocycles. The molecule has 0 saturated heterocycles. The van der Waals surface area contributed by atoms with Gasteiger partial charge in [-0.1, -0.05) is 0 Å². The summed E-state index contributed by atoms with van der Waals surface area (Å²) in [5.74, 6) is 0. The van der Waals surface area contributed by atoms with Gasteiger partial charge in [0.15, 0.2) is 0 Å². The van der Waals surface area contributed by atoms with Gasteiger partial charge in [0.05, 0.1) is 0 Å². The summed E-state index contributed by atoms with van der Waals surface area (Å²) in [6.45, 7) is 0. The Labute approximate surface area is 184 Å². The van der Waals surface area contributed by atoms with Gasteiger partial charge in [0, 0.05) is 44.8 Å². The molecule has 0 rings (SSSR count). The molecule has 2 radical (unpaired) electrons. The van der Waals surface area contributed by atoms with Gasteiger partial charge in [-0.3, -0.25) is 0 Å². The van der Waals surface area contributed by atoms with E-state index >= 15 is 0 Å². The standard InChI is InChI=1S/Cs.Li.Nb.Rb.Ta.3H. The van der Waals surface area contributed by atoms with Crippen LogP contribution in [0.3, 0.4) is 0 Å². The molecule has 0 nitrogen and oxygen atoms in total. The van der Waals surface area contributed by atoms with E-state index in [-0.39, 0.29) is 191 Å². The van der Waals surface area contributed by atoms with Crippen LogP contribution < -0.4 is 0 Å². The summed E-state index contributed by atoms with van der Waals surface area (Å²) in [5.41, 5.74) is 0. The molecule has 0 aliphatic rings. The predicted molar refractivity (Wildman–Crippen MR) is 21.4 cm³/mol. The maximum atomic E-state index is 0. The summed E-state index contributed by atoms with van der Waals surface area (Å²) in [6, 6.07) is 0. The van der Waals surface area contributed by atoms with Crippen LogP contribution in [-0.2, 0) is 44.8 Å². The Kier molecular flexibility index (Phi) is 138. The molecule has 0 aromatic rings. The largest absolute Gasteiger partial charge is 0 e. The van der Waals surface area contributed by atoms with Gasteiger partial charge in [0.1, 0.15) is 0 Å². The monoisotopic (exact) mass is 502 g/mol. The average molecular weight is 502 g/mol. The summed E-state index contributed by atoms with van der Waals surface area (Å²) in [4.78, 5) is 0. The van der Waals surface area contributed by atoms with Crippen molar-refractivity contribution in [1.29, 1.82) is 0 Å². The smallest absolute Gasteiger partial charge is 0 e. The van der Waals surface area contributed by atoms with Gasteiger partial charge in [-0.05, 0) is 0 Å². The maximum Gasteiger partial charge on any atom is 0 e. The van der Waals surface area contributed by atoms with Crippen molar-refractivity contribution in [1.82, 2.24) is 0 Å². The second-order valence-corrected chi connectivity index (χ2v) is 0. The maximum absolute atomic E-state index is 0. The minimum Gasteiger partial charge on any atom is 0 e. The Balaban J connectivity index is 0. The van der Waals surface area contributed by atoms with Crippen LogP contribution in [0.4, 0.5) is 0 Å². The summed E-state index contributed by atoms with van der Waals surface area (Å²) < 4.78 is 0. The Morgan fingerprint density at radius 2 is 1.00 bits per heavy atom. The Morgan fingerprint density at radius 3 is 1.00 bits per heavy atom. The van der Waals surface area contributed by atoms with Crippen LogP contribution in [0, 0.1) is 0 Å². The van der Waals surface area contributed by atoms with E-state index in [0.717, 1.165) is 0 Å². The van der Waals surface area contributed by atoms with E-state index in [0.29, 0.717) is 0 Å². The molecule has 0 atom stereocenters. The van der Waals surface area contributed by atoms with Crippen molar-refractivity contribution in [2.45, 2.75) is 0 Å². The molecule has 0 aliphatic heterocycles. The molecule has 0 amide bonds. The van der Waals surface area contributed by atoms with Gasteiger partial charge < -0.3 is 0 Å². The van der Waals surface area contributed by atoms with E-state index in [9.17, 15) is 0 Å². The first kappa shape index (κ1) is 30.6. The van der Waals surface area contributed by atoms with E-state index in [1.165, 1.54) is 0 Å². The van der Waals surface area contributed by atoms with E-state index in [1.807, 2.05) is 0 Å². The molecule has 0 aromatic heterocycles. The third-order valence-electron chi connectivity index (χ3n) is 0. The summed E-state index contributed by atoms with van der Waals surface area (Å²) in [5, 5.41) is 0. The van der Waals surface area contributed by atoms with E-state index in [2.05, 4.69) is 0 Å². The van der Waals surface area contributed by atoms with Crippen molar-refractivity contribution in [3.05, 3.63) is 0 Å². The number of rotatable bonds is 0. The molecule has 5 heteroatoms. The van der Waals surface area contributed by atoms with Crippen LogP contribution in [0.1, 0.15) is 0 Å². The third kappa shape index (κ3) is 17.8. The third-order valence-corrected chi connectivity index (χ3v) is 0. The molecule has 0 aliphatic carbocycles. The zero-order valence-electron chi connectivity index (χ0n) is 0.894. The Bertz CT molecular complexity index is 11.6. The quantitative estimate of drug-likeness (QED) is 0.338. The normalized spacial score (nSPS) is 0. The second kappa shape index (κ2) is 22.5. The fourth-order valence-electron chi connectivity index (χ4n) is 0. The van der Waals surface area contributed by atoms with Crippen LogP contribution in [0.15, 0.2) is 0 Å². The summed E-state index contributed by atoms with van der Waals surface area (Å²) in [7, 11) is 0. The Hall–Kier alpha value is 5.94. The molecule has 0 fully saturated rings. The van der Waals surface area contributed by atoms with E-state index in [1.54, 1.807) is 0 Å². The molecule has 16 valence electrons. The molecular weight excluding hydrogens is 499 g/mol. The molecule has 0 spiro atoms. The second-order valence-electron chi connectivity index (χ2n) is 0. The molecule has 0 saturated carbocycles. The summed E-state index contributed by atoms with van der Waals surface area (Å²) >= 11 is 0. The first-order chi connectivity index (χ1) is 0. The molecule has 0 aromatic carbocycles. The fraction of sp³-hybridized carbons (Fsp3) is 0. The van der Waals surface area contributed by atoms with Crippen LogP contribution in [0.5, 0.6) is 0 Å². The van der Waals surface area contributed by atoms with Crippen LogP contribution >= 0.6 is 0 Å². The minimum atomic E-state index is 0. The van der Waals surface area contributed by atoms with Crippen molar-refractivity contribution >= 4 is 146 Å². The first-order valence-electron chi connectivity index (χ1n) is 0. The van der Waals surface area contributed by atoms with Crippen molar-refractivity contribution in [2.75, 3.05) is 0 Å². The first-order valence-corrected chi connectivity index (χ1v) is 0. The van der Waals surface area contributed by atoms with Gasteiger partial charge in [0.25, 0.3) is 0 Å². The van der Waals surface area contributed by atoms with Gasteiger partial charge in [-0.2, -0.15) is 0 Å². The van der Waals surface area contributed by atoms with Crippen molar-refractivity contribution in [3.8, 4) is 0 Å². The average Bonchev–Trinajstić information content (AvgIpc) is 0. The fourth-order valence-corrected chi connectivity index (χ4v) is 0. The molecule has 5 heavy (non-hydrogen) atoms. The Morgan fingerprint density at radius 1 is 1.00 bits per heavy atom. The van der Waals surface area contributed by atoms with Gasteiger partial charge in [-0.25, -0.2) is 0 Å². The van der Waals surface area contributed by atoms with Gasteiger partial charge >= 0.3 is 146 Å². The van der Waals surface area contributed by atoms with Crippen LogP contribution in [0.2, 0.25) is 0 Å². The SMILES string of the molecule is [CsH].[LiH].[Nb].[RbH].[Ta]. The van der Waals surface area contributed by atoms with E-state index < -0.39 is 0 Å². The number of hydrogen-bond acceptors (Lipinski definition) is 0. The molecule has 0 unspecified atom stereocenters.